The van der Waals surface area contributed by atoms with Crippen molar-refractivity contribution < 1.29 is 19.0 Å². The van der Waals surface area contributed by atoms with Gasteiger partial charge in [-0.2, -0.15) is 9.78 Å². The van der Waals surface area contributed by atoms with E-state index < -0.39 is 0 Å². The van der Waals surface area contributed by atoms with E-state index in [0.717, 1.165) is 35.2 Å². The molecule has 9 heteroatoms. The van der Waals surface area contributed by atoms with Crippen LogP contribution < -0.4 is 19.5 Å². The summed E-state index contributed by atoms with van der Waals surface area (Å²) in [6, 6.07) is 10.9. The first-order valence-electron chi connectivity index (χ1n) is 11.9. The first-order chi connectivity index (χ1) is 17.4. The van der Waals surface area contributed by atoms with Crippen molar-refractivity contribution in [2.24, 2.45) is 0 Å². The fourth-order valence-electron chi connectivity index (χ4n) is 4.42. The third-order valence-electron chi connectivity index (χ3n) is 6.47. The molecule has 0 radical (unpaired) electrons. The van der Waals surface area contributed by atoms with Crippen LogP contribution in [0.15, 0.2) is 42.6 Å². The quantitative estimate of drug-likeness (QED) is 0.390. The molecule has 0 bridgehead atoms. The molecule has 1 unspecified atom stereocenters. The predicted octanol–water partition coefficient (Wildman–Crippen LogP) is 4.52. The van der Waals surface area contributed by atoms with Gasteiger partial charge in [0, 0.05) is 17.8 Å². The first kappa shape index (κ1) is 23.6. The number of fused-ring (bicyclic) bond motifs is 1. The molecule has 0 saturated heterocycles. The summed E-state index contributed by atoms with van der Waals surface area (Å²) in [6.07, 6.45) is 3.85. The molecule has 36 heavy (non-hydrogen) atoms. The molecule has 4 aromatic rings. The highest BCUT2D eigenvalue weighted by Gasteiger charge is 2.29. The zero-order valence-corrected chi connectivity index (χ0v) is 21.0. The molecule has 1 N–H and O–H groups in total. The highest BCUT2D eigenvalue weighted by atomic mass is 16.5. The summed E-state index contributed by atoms with van der Waals surface area (Å²) >= 11 is 0. The largest absolute Gasteiger partial charge is 0.493 e. The van der Waals surface area contributed by atoms with E-state index in [9.17, 15) is 4.79 Å². The van der Waals surface area contributed by atoms with Gasteiger partial charge in [0.15, 0.2) is 23.0 Å². The van der Waals surface area contributed by atoms with Crippen LogP contribution in [0.25, 0.3) is 16.9 Å². The number of carbonyl (C=O) groups is 1. The Balaban J connectivity index is 1.55. The predicted molar refractivity (Wildman–Crippen MR) is 135 cm³/mol. The monoisotopic (exact) mass is 487 g/mol. The number of methoxy groups -OCH3 is 3. The van der Waals surface area contributed by atoms with E-state index in [2.05, 4.69) is 10.3 Å². The normalized spacial score (nSPS) is 13.9. The Morgan fingerprint density at radius 2 is 1.81 bits per heavy atom. The lowest BCUT2D eigenvalue weighted by atomic mass is 10.0. The number of amides is 1. The number of carbonyl (C=O) groups excluding carboxylic acids is 1. The summed E-state index contributed by atoms with van der Waals surface area (Å²) in [7, 11) is 4.70. The number of nitrogens with zero attached hydrogens (tertiary/aromatic N) is 4. The number of nitrogens with one attached hydrogen (secondary N) is 1. The number of hydrogen-bond acceptors (Lipinski definition) is 7. The zero-order valence-electron chi connectivity index (χ0n) is 21.0. The Labute approximate surface area is 209 Å². The van der Waals surface area contributed by atoms with Gasteiger partial charge >= 0.3 is 0 Å². The lowest BCUT2D eigenvalue weighted by Crippen LogP contribution is -2.27. The molecule has 186 valence electrons. The van der Waals surface area contributed by atoms with Crippen molar-refractivity contribution in [3.63, 3.8) is 0 Å². The molecule has 1 atom stereocenters. The lowest BCUT2D eigenvalue weighted by molar-refractivity contribution is 0.0941. The molecule has 3 heterocycles. The summed E-state index contributed by atoms with van der Waals surface area (Å²) in [6.45, 7) is 3.81. The number of pyridine rings is 2. The molecule has 3 aromatic heterocycles. The van der Waals surface area contributed by atoms with Gasteiger partial charge in [-0.25, -0.2) is 9.97 Å². The highest BCUT2D eigenvalue weighted by molar-refractivity contribution is 6.07. The van der Waals surface area contributed by atoms with E-state index in [4.69, 9.17) is 24.3 Å². The van der Waals surface area contributed by atoms with Crippen LogP contribution in [0.2, 0.25) is 0 Å². The van der Waals surface area contributed by atoms with Crippen molar-refractivity contribution in [3.05, 3.63) is 65.1 Å². The summed E-state index contributed by atoms with van der Waals surface area (Å²) in [5, 5.41) is 8.55. The van der Waals surface area contributed by atoms with Crippen molar-refractivity contribution in [3.8, 4) is 23.1 Å². The van der Waals surface area contributed by atoms with E-state index in [1.54, 1.807) is 32.2 Å². The van der Waals surface area contributed by atoms with Crippen LogP contribution in [-0.2, 0) is 0 Å². The van der Waals surface area contributed by atoms with Gasteiger partial charge in [0.1, 0.15) is 0 Å². The SMILES string of the molecule is COc1cc(C(C)NC(=O)c2cc(C3CC3)nc3c2c(C)nn3-c2ccccn2)cc(OC)c1OC. The Morgan fingerprint density at radius 1 is 1.08 bits per heavy atom. The third-order valence-corrected chi connectivity index (χ3v) is 6.47. The van der Waals surface area contributed by atoms with Crippen molar-refractivity contribution >= 4 is 16.9 Å². The van der Waals surface area contributed by atoms with Crippen LogP contribution in [0.1, 0.15) is 59.0 Å². The molecule has 1 aromatic carbocycles. The molecule has 1 amide bonds. The molecule has 9 nitrogen and oxygen atoms in total. The number of aromatic nitrogens is 4. The smallest absolute Gasteiger partial charge is 0.252 e. The van der Waals surface area contributed by atoms with Crippen LogP contribution >= 0.6 is 0 Å². The van der Waals surface area contributed by atoms with Gasteiger partial charge in [0.05, 0.1) is 44.0 Å². The average Bonchev–Trinajstić information content (AvgIpc) is 3.71. The third kappa shape index (κ3) is 4.21. The van der Waals surface area contributed by atoms with Gasteiger partial charge in [0.2, 0.25) is 5.75 Å². The van der Waals surface area contributed by atoms with Gasteiger partial charge in [0.25, 0.3) is 5.91 Å². The van der Waals surface area contributed by atoms with E-state index in [-0.39, 0.29) is 11.9 Å². The lowest BCUT2D eigenvalue weighted by Gasteiger charge is -2.19. The Hall–Kier alpha value is -4.14. The van der Waals surface area contributed by atoms with E-state index >= 15 is 0 Å². The Bertz CT molecular complexity index is 1400. The van der Waals surface area contributed by atoms with Gasteiger partial charge in [-0.05, 0) is 62.6 Å². The molecule has 1 aliphatic carbocycles. The number of hydrogen-bond donors (Lipinski definition) is 1. The summed E-state index contributed by atoms with van der Waals surface area (Å²) in [5.41, 5.74) is 3.65. The Morgan fingerprint density at radius 3 is 2.39 bits per heavy atom. The molecule has 1 aliphatic rings. The molecule has 1 fully saturated rings. The molecule has 0 spiro atoms. The maximum Gasteiger partial charge on any atom is 0.252 e. The van der Waals surface area contributed by atoms with Crippen LogP contribution in [-0.4, -0.2) is 47.0 Å². The molecular formula is C27H29N5O4. The highest BCUT2D eigenvalue weighted by Crippen LogP contribution is 2.41. The van der Waals surface area contributed by atoms with Crippen molar-refractivity contribution in [2.75, 3.05) is 21.3 Å². The first-order valence-corrected chi connectivity index (χ1v) is 11.9. The van der Waals surface area contributed by atoms with Gasteiger partial charge < -0.3 is 19.5 Å². The number of ether oxygens (including phenoxy) is 3. The number of aryl methyl sites for hydroxylation is 1. The standard InChI is InChI=1S/C27H29N5O4/c1-15(18-12-21(34-3)25(36-5)22(13-18)35-4)29-27(33)19-14-20(17-9-10-17)30-26-24(19)16(2)31-32(26)23-8-6-7-11-28-23/h6-8,11-15,17H,9-10H2,1-5H3,(H,29,33). The summed E-state index contributed by atoms with van der Waals surface area (Å²) in [4.78, 5) is 23.0. The molecule has 5 rings (SSSR count). The second-order valence-electron chi connectivity index (χ2n) is 8.91. The minimum absolute atomic E-state index is 0.200. The second-order valence-corrected chi connectivity index (χ2v) is 8.91. The molecule has 0 aliphatic heterocycles. The zero-order chi connectivity index (χ0) is 25.4. The minimum Gasteiger partial charge on any atom is -0.493 e. The van der Waals surface area contributed by atoms with Crippen molar-refractivity contribution in [1.29, 1.82) is 0 Å². The maximum absolute atomic E-state index is 13.7. The van der Waals surface area contributed by atoms with Crippen LogP contribution in [0.5, 0.6) is 17.2 Å². The summed E-state index contributed by atoms with van der Waals surface area (Å²) in [5.74, 6) is 2.39. The van der Waals surface area contributed by atoms with Crippen LogP contribution in [0.3, 0.4) is 0 Å². The average molecular weight is 488 g/mol. The Kier molecular flexibility index (Phi) is 6.22. The van der Waals surface area contributed by atoms with E-state index in [1.165, 1.54) is 0 Å². The summed E-state index contributed by atoms with van der Waals surface area (Å²) < 4.78 is 18.1. The fourth-order valence-corrected chi connectivity index (χ4v) is 4.42. The van der Waals surface area contributed by atoms with E-state index in [1.807, 2.05) is 50.2 Å². The topological polar surface area (TPSA) is 100 Å². The van der Waals surface area contributed by atoms with Crippen LogP contribution in [0, 0.1) is 6.92 Å². The van der Waals surface area contributed by atoms with Gasteiger partial charge in [-0.15, -0.1) is 0 Å². The van der Waals surface area contributed by atoms with Gasteiger partial charge in [-0.3, -0.25) is 4.79 Å². The van der Waals surface area contributed by atoms with Gasteiger partial charge in [-0.1, -0.05) is 6.07 Å². The minimum atomic E-state index is -0.329. The van der Waals surface area contributed by atoms with Crippen molar-refractivity contribution in [2.45, 2.75) is 38.6 Å². The van der Waals surface area contributed by atoms with E-state index in [0.29, 0.717) is 40.2 Å². The second kappa shape index (κ2) is 9.49. The number of rotatable bonds is 8. The van der Waals surface area contributed by atoms with Crippen LogP contribution in [0.4, 0.5) is 0 Å². The maximum atomic E-state index is 13.7. The van der Waals surface area contributed by atoms with Crippen molar-refractivity contribution in [1.82, 2.24) is 25.1 Å². The molecular weight excluding hydrogens is 458 g/mol. The number of benzene rings is 1. The fraction of sp³-hybridized carbons (Fsp3) is 0.333. The molecule has 1 saturated carbocycles.